The van der Waals surface area contributed by atoms with Gasteiger partial charge in [-0.1, -0.05) is 0 Å². The fourth-order valence-electron chi connectivity index (χ4n) is 3.45. The van der Waals surface area contributed by atoms with Crippen molar-refractivity contribution >= 4 is 0 Å². The summed E-state index contributed by atoms with van der Waals surface area (Å²) < 4.78 is 37.0. The normalized spacial score (nSPS) is 19.5. The maximum absolute atomic E-state index is 14.8. The van der Waals surface area contributed by atoms with E-state index in [1.54, 1.807) is 52.6 Å². The monoisotopic (exact) mass is 385 g/mol. The Bertz CT molecular complexity index is 931. The van der Waals surface area contributed by atoms with E-state index in [4.69, 9.17) is 4.74 Å². The summed E-state index contributed by atoms with van der Waals surface area (Å²) in [5.74, 6) is -2.76. The standard InChI is InChI=1S/C20H21F2N5O/c1-26-12-15(11-25-26)13-27-10-6-18(20(21,22)14-27)28-19-17(3-2-7-24-19)16-4-8-23-9-5-16/h2-5,7-9,11-12,18H,6,10,13-14H2,1H3. The Balaban J connectivity index is 1.48. The number of halogens is 2. The fraction of sp³-hybridized carbons (Fsp3) is 0.350. The van der Waals surface area contributed by atoms with Crippen LogP contribution in [-0.2, 0) is 13.6 Å². The molecule has 8 heteroatoms. The molecule has 0 aliphatic carbocycles. The van der Waals surface area contributed by atoms with Crippen molar-refractivity contribution in [3.63, 3.8) is 0 Å². The molecule has 28 heavy (non-hydrogen) atoms. The van der Waals surface area contributed by atoms with E-state index in [1.807, 2.05) is 19.3 Å². The van der Waals surface area contributed by atoms with Crippen LogP contribution in [0.25, 0.3) is 11.1 Å². The molecule has 1 atom stereocenters. The summed E-state index contributed by atoms with van der Waals surface area (Å²) in [7, 11) is 1.81. The summed E-state index contributed by atoms with van der Waals surface area (Å²) in [5, 5.41) is 4.09. The average molecular weight is 385 g/mol. The minimum Gasteiger partial charge on any atom is -0.467 e. The van der Waals surface area contributed by atoms with Gasteiger partial charge in [0, 0.05) is 62.5 Å². The molecular formula is C20H21F2N5O. The summed E-state index contributed by atoms with van der Waals surface area (Å²) in [5.41, 5.74) is 2.43. The van der Waals surface area contributed by atoms with Crippen LogP contribution in [-0.4, -0.2) is 49.8 Å². The molecule has 0 spiro atoms. The van der Waals surface area contributed by atoms with Crippen LogP contribution in [0.4, 0.5) is 8.78 Å². The predicted molar refractivity (Wildman–Crippen MR) is 99.9 cm³/mol. The number of ether oxygens (including phenoxy) is 1. The van der Waals surface area contributed by atoms with Crippen molar-refractivity contribution in [2.24, 2.45) is 7.05 Å². The second-order valence-corrected chi connectivity index (χ2v) is 6.98. The summed E-state index contributed by atoms with van der Waals surface area (Å²) in [6, 6.07) is 7.18. The number of hydrogen-bond donors (Lipinski definition) is 0. The fourth-order valence-corrected chi connectivity index (χ4v) is 3.45. The number of likely N-dealkylation sites (tertiary alicyclic amines) is 1. The maximum Gasteiger partial charge on any atom is 0.296 e. The van der Waals surface area contributed by atoms with Crippen LogP contribution in [0.15, 0.2) is 55.2 Å². The van der Waals surface area contributed by atoms with Gasteiger partial charge in [0.05, 0.1) is 12.7 Å². The van der Waals surface area contributed by atoms with Crippen molar-refractivity contribution in [2.45, 2.75) is 25.0 Å². The highest BCUT2D eigenvalue weighted by Gasteiger charge is 2.46. The zero-order valence-corrected chi connectivity index (χ0v) is 15.5. The largest absolute Gasteiger partial charge is 0.467 e. The van der Waals surface area contributed by atoms with E-state index in [2.05, 4.69) is 15.1 Å². The number of rotatable bonds is 5. The molecule has 1 fully saturated rings. The first-order valence-corrected chi connectivity index (χ1v) is 9.11. The number of nitrogens with zero attached hydrogens (tertiary/aromatic N) is 5. The van der Waals surface area contributed by atoms with Gasteiger partial charge >= 0.3 is 0 Å². The van der Waals surface area contributed by atoms with Gasteiger partial charge in [-0.3, -0.25) is 14.6 Å². The van der Waals surface area contributed by atoms with E-state index in [0.29, 0.717) is 18.7 Å². The molecule has 3 aromatic heterocycles. The van der Waals surface area contributed by atoms with Gasteiger partial charge < -0.3 is 4.74 Å². The van der Waals surface area contributed by atoms with Gasteiger partial charge in [0.15, 0.2) is 6.10 Å². The SMILES string of the molecule is Cn1cc(CN2CCC(Oc3ncccc3-c3ccncc3)C(F)(F)C2)cn1. The van der Waals surface area contributed by atoms with Crippen molar-refractivity contribution in [3.8, 4) is 17.0 Å². The molecule has 146 valence electrons. The van der Waals surface area contributed by atoms with Gasteiger partial charge in [-0.2, -0.15) is 5.10 Å². The Morgan fingerprint density at radius 2 is 2.04 bits per heavy atom. The van der Waals surface area contributed by atoms with Crippen LogP contribution >= 0.6 is 0 Å². The molecule has 1 aliphatic heterocycles. The van der Waals surface area contributed by atoms with Crippen LogP contribution < -0.4 is 4.74 Å². The average Bonchev–Trinajstić information content (AvgIpc) is 3.09. The molecule has 4 heterocycles. The minimum absolute atomic E-state index is 0.221. The van der Waals surface area contributed by atoms with Crippen LogP contribution in [0.3, 0.4) is 0 Å². The van der Waals surface area contributed by atoms with Gasteiger partial charge in [-0.15, -0.1) is 0 Å². The van der Waals surface area contributed by atoms with E-state index >= 15 is 0 Å². The van der Waals surface area contributed by atoms with Gasteiger partial charge in [0.2, 0.25) is 5.88 Å². The molecule has 6 nitrogen and oxygen atoms in total. The smallest absolute Gasteiger partial charge is 0.296 e. The zero-order valence-electron chi connectivity index (χ0n) is 15.5. The second-order valence-electron chi connectivity index (χ2n) is 6.98. The third kappa shape index (κ3) is 4.01. The molecule has 1 aliphatic rings. The van der Waals surface area contributed by atoms with Crippen LogP contribution in [0, 0.1) is 0 Å². The molecule has 3 aromatic rings. The van der Waals surface area contributed by atoms with E-state index in [1.165, 1.54) is 0 Å². The van der Waals surface area contributed by atoms with E-state index in [9.17, 15) is 8.78 Å². The third-order valence-electron chi connectivity index (χ3n) is 4.79. The second kappa shape index (κ2) is 7.63. The molecular weight excluding hydrogens is 364 g/mol. The maximum atomic E-state index is 14.8. The van der Waals surface area contributed by atoms with Crippen LogP contribution in [0.2, 0.25) is 0 Å². The van der Waals surface area contributed by atoms with E-state index in [-0.39, 0.29) is 18.8 Å². The molecule has 0 N–H and O–H groups in total. The molecule has 4 rings (SSSR count). The number of aryl methyl sites for hydroxylation is 1. The number of aromatic nitrogens is 4. The van der Waals surface area contributed by atoms with Crippen molar-refractivity contribution in [2.75, 3.05) is 13.1 Å². The number of hydrogen-bond acceptors (Lipinski definition) is 5. The molecule has 0 radical (unpaired) electrons. The van der Waals surface area contributed by atoms with Crippen LogP contribution in [0.1, 0.15) is 12.0 Å². The Kier molecular flexibility index (Phi) is 5.04. The molecule has 1 saturated heterocycles. The zero-order chi connectivity index (χ0) is 19.6. The Morgan fingerprint density at radius 1 is 1.21 bits per heavy atom. The first-order valence-electron chi connectivity index (χ1n) is 9.11. The summed E-state index contributed by atoms with van der Waals surface area (Å²) in [6.07, 6.45) is 7.41. The van der Waals surface area contributed by atoms with Gasteiger partial charge in [0.25, 0.3) is 5.92 Å². The van der Waals surface area contributed by atoms with Gasteiger partial charge in [0.1, 0.15) is 0 Å². The first-order chi connectivity index (χ1) is 13.5. The molecule has 0 amide bonds. The Labute approximate surface area is 161 Å². The highest BCUT2D eigenvalue weighted by Crippen LogP contribution is 2.34. The lowest BCUT2D eigenvalue weighted by Gasteiger charge is -2.38. The van der Waals surface area contributed by atoms with Crippen molar-refractivity contribution in [1.29, 1.82) is 0 Å². The topological polar surface area (TPSA) is 56.1 Å². The highest BCUT2D eigenvalue weighted by molar-refractivity contribution is 5.67. The number of alkyl halides is 2. The Morgan fingerprint density at radius 3 is 2.75 bits per heavy atom. The minimum atomic E-state index is -2.98. The lowest BCUT2D eigenvalue weighted by Crippen LogP contribution is -2.53. The number of pyridine rings is 2. The molecule has 0 saturated carbocycles. The van der Waals surface area contributed by atoms with Crippen LogP contribution in [0.5, 0.6) is 5.88 Å². The third-order valence-corrected chi connectivity index (χ3v) is 4.79. The highest BCUT2D eigenvalue weighted by atomic mass is 19.3. The van der Waals surface area contributed by atoms with Crippen molar-refractivity contribution < 1.29 is 13.5 Å². The molecule has 0 bridgehead atoms. The lowest BCUT2D eigenvalue weighted by molar-refractivity contribution is -0.141. The predicted octanol–water partition coefficient (Wildman–Crippen LogP) is 3.17. The number of piperidine rings is 1. The molecule has 1 unspecified atom stereocenters. The van der Waals surface area contributed by atoms with Gasteiger partial charge in [-0.25, -0.2) is 13.8 Å². The Hall–Kier alpha value is -2.87. The summed E-state index contributed by atoms with van der Waals surface area (Å²) in [4.78, 5) is 9.93. The summed E-state index contributed by atoms with van der Waals surface area (Å²) >= 11 is 0. The lowest BCUT2D eigenvalue weighted by atomic mass is 10.0. The van der Waals surface area contributed by atoms with E-state index < -0.39 is 12.0 Å². The quantitative estimate of drug-likeness (QED) is 0.675. The van der Waals surface area contributed by atoms with Crippen molar-refractivity contribution in [1.82, 2.24) is 24.6 Å². The summed E-state index contributed by atoms with van der Waals surface area (Å²) in [6.45, 7) is 0.610. The van der Waals surface area contributed by atoms with E-state index in [0.717, 1.165) is 11.1 Å². The molecule has 0 aromatic carbocycles. The first kappa shape index (κ1) is 18.5. The van der Waals surface area contributed by atoms with Crippen molar-refractivity contribution in [3.05, 3.63) is 60.8 Å². The van der Waals surface area contributed by atoms with Gasteiger partial charge in [-0.05, 0) is 29.8 Å².